The SMILES string of the molecule is CNCc1ccc2c(-c3cccc(C(N)=S)c3)cn(C3CCN(S(C)(=O)=O)CC3)c2c1.O=CCC1CCNC1. The number of carbonyl (C=O) groups excluding carboxylic acids is 1. The number of nitrogens with one attached hydrogen (secondary N) is 2. The van der Waals surface area contributed by atoms with Crippen LogP contribution in [0, 0.1) is 5.92 Å². The largest absolute Gasteiger partial charge is 0.389 e. The molecule has 0 bridgehead atoms. The number of nitrogens with zero attached hydrogens (tertiary/aromatic N) is 2. The molecule has 1 atom stereocenters. The third-order valence-electron chi connectivity index (χ3n) is 7.62. The van der Waals surface area contributed by atoms with Crippen LogP contribution in [0.4, 0.5) is 0 Å². The highest BCUT2D eigenvalue weighted by Crippen LogP contribution is 2.36. The Hall–Kier alpha value is -2.63. The molecule has 2 aromatic carbocycles. The van der Waals surface area contributed by atoms with Crippen LogP contribution in [0.2, 0.25) is 0 Å². The number of thiocarbonyl (C=S) groups is 1. The summed E-state index contributed by atoms with van der Waals surface area (Å²) in [5.41, 5.74) is 11.3. The fourth-order valence-corrected chi connectivity index (χ4v) is 6.49. The Morgan fingerprint density at radius 2 is 1.95 bits per heavy atom. The first-order chi connectivity index (χ1) is 18.7. The molecule has 1 unspecified atom stereocenters. The molecule has 4 N–H and O–H groups in total. The summed E-state index contributed by atoms with van der Waals surface area (Å²) in [6.07, 6.45) is 8.00. The molecule has 39 heavy (non-hydrogen) atoms. The lowest BCUT2D eigenvalue weighted by Crippen LogP contribution is -2.38. The van der Waals surface area contributed by atoms with Crippen LogP contribution in [0.15, 0.2) is 48.7 Å². The third kappa shape index (κ3) is 7.32. The molecule has 2 aliphatic heterocycles. The lowest BCUT2D eigenvalue weighted by molar-refractivity contribution is -0.108. The van der Waals surface area contributed by atoms with Crippen molar-refractivity contribution in [2.75, 3.05) is 39.5 Å². The number of aromatic nitrogens is 1. The van der Waals surface area contributed by atoms with Gasteiger partial charge in [0.1, 0.15) is 11.3 Å². The number of hydrogen-bond donors (Lipinski definition) is 3. The Kier molecular flexibility index (Phi) is 9.90. The second-order valence-electron chi connectivity index (χ2n) is 10.4. The molecular formula is C29H39N5O3S2. The Labute approximate surface area is 237 Å². The second-order valence-corrected chi connectivity index (χ2v) is 12.9. The van der Waals surface area contributed by atoms with Gasteiger partial charge in [0, 0.05) is 60.3 Å². The van der Waals surface area contributed by atoms with Crippen molar-refractivity contribution in [2.24, 2.45) is 11.7 Å². The predicted octanol–water partition coefficient (Wildman–Crippen LogP) is 3.44. The van der Waals surface area contributed by atoms with Crippen LogP contribution in [0.3, 0.4) is 0 Å². The summed E-state index contributed by atoms with van der Waals surface area (Å²) in [5, 5.41) is 7.59. The van der Waals surface area contributed by atoms with Crippen LogP contribution in [0.5, 0.6) is 0 Å². The molecule has 0 aliphatic carbocycles. The minimum absolute atomic E-state index is 0.248. The van der Waals surface area contributed by atoms with Crippen molar-refractivity contribution in [3.63, 3.8) is 0 Å². The van der Waals surface area contributed by atoms with E-state index in [4.69, 9.17) is 18.0 Å². The number of fused-ring (bicyclic) bond motifs is 1. The molecule has 2 fully saturated rings. The van der Waals surface area contributed by atoms with E-state index >= 15 is 0 Å². The summed E-state index contributed by atoms with van der Waals surface area (Å²) in [6.45, 7) is 4.02. The van der Waals surface area contributed by atoms with Crippen molar-refractivity contribution in [1.82, 2.24) is 19.5 Å². The van der Waals surface area contributed by atoms with Gasteiger partial charge in [0.2, 0.25) is 10.0 Å². The molecule has 8 nitrogen and oxygen atoms in total. The molecule has 210 valence electrons. The Bertz CT molecular complexity index is 1410. The molecule has 0 amide bonds. The standard InChI is InChI=1S/C23H28N4O2S2.C6H11NO/c1-25-14-16-6-7-20-21(17-4-3-5-18(13-17)23(24)30)15-27(22(20)12-16)19-8-10-26(11-9-19)31(2,28)29;8-4-2-6-1-3-7-5-6/h3-7,12-13,15,19,25H,8-11,14H2,1-2H3,(H2,24,30);4,6-7H,1-3,5H2. The average Bonchev–Trinajstić information content (AvgIpc) is 3.57. The summed E-state index contributed by atoms with van der Waals surface area (Å²) < 4.78 is 27.8. The summed E-state index contributed by atoms with van der Waals surface area (Å²) in [5.74, 6) is 0.632. The number of benzene rings is 2. The summed E-state index contributed by atoms with van der Waals surface area (Å²) in [7, 11) is -1.21. The summed E-state index contributed by atoms with van der Waals surface area (Å²) in [6, 6.07) is 14.8. The Morgan fingerprint density at radius 3 is 2.56 bits per heavy atom. The highest BCUT2D eigenvalue weighted by Gasteiger charge is 2.27. The molecule has 0 spiro atoms. The van der Waals surface area contributed by atoms with Crippen LogP contribution in [-0.4, -0.2) is 68.0 Å². The molecule has 2 saturated heterocycles. The zero-order valence-electron chi connectivity index (χ0n) is 22.7. The second kappa shape index (κ2) is 13.1. The van der Waals surface area contributed by atoms with E-state index in [0.717, 1.165) is 61.9 Å². The van der Waals surface area contributed by atoms with Gasteiger partial charge in [0.15, 0.2) is 0 Å². The van der Waals surface area contributed by atoms with Gasteiger partial charge in [-0.15, -0.1) is 0 Å². The van der Waals surface area contributed by atoms with E-state index in [1.165, 1.54) is 29.1 Å². The van der Waals surface area contributed by atoms with Gasteiger partial charge < -0.3 is 25.7 Å². The minimum atomic E-state index is -3.15. The van der Waals surface area contributed by atoms with E-state index in [1.54, 1.807) is 4.31 Å². The molecule has 0 radical (unpaired) electrons. The van der Waals surface area contributed by atoms with Crippen LogP contribution in [0.1, 0.15) is 42.9 Å². The number of rotatable bonds is 8. The smallest absolute Gasteiger partial charge is 0.211 e. The van der Waals surface area contributed by atoms with Crippen molar-refractivity contribution in [1.29, 1.82) is 0 Å². The summed E-state index contributed by atoms with van der Waals surface area (Å²) >= 11 is 5.17. The van der Waals surface area contributed by atoms with E-state index in [-0.39, 0.29) is 6.04 Å². The lowest BCUT2D eigenvalue weighted by atomic mass is 10.0. The van der Waals surface area contributed by atoms with E-state index < -0.39 is 10.0 Å². The maximum Gasteiger partial charge on any atom is 0.211 e. The zero-order chi connectivity index (χ0) is 28.0. The number of sulfonamides is 1. The van der Waals surface area contributed by atoms with Gasteiger partial charge in [-0.05, 0) is 68.6 Å². The van der Waals surface area contributed by atoms with Crippen molar-refractivity contribution in [3.05, 3.63) is 59.8 Å². The number of carbonyl (C=O) groups is 1. The van der Waals surface area contributed by atoms with Gasteiger partial charge in [0.25, 0.3) is 0 Å². The molecule has 3 aromatic rings. The molecule has 1 aromatic heterocycles. The molecule has 10 heteroatoms. The first-order valence-corrected chi connectivity index (χ1v) is 15.7. The molecule has 3 heterocycles. The number of aldehydes is 1. The minimum Gasteiger partial charge on any atom is -0.389 e. The van der Waals surface area contributed by atoms with Gasteiger partial charge >= 0.3 is 0 Å². The highest BCUT2D eigenvalue weighted by molar-refractivity contribution is 7.88. The van der Waals surface area contributed by atoms with Crippen LogP contribution in [-0.2, 0) is 21.4 Å². The van der Waals surface area contributed by atoms with Gasteiger partial charge in [0.05, 0.1) is 6.26 Å². The molecule has 5 rings (SSSR count). The maximum absolute atomic E-state index is 11.9. The fraction of sp³-hybridized carbons (Fsp3) is 0.448. The van der Waals surface area contributed by atoms with Crippen LogP contribution >= 0.6 is 12.2 Å². The Balaban J connectivity index is 0.000000379. The number of nitrogens with two attached hydrogens (primary N) is 1. The van der Waals surface area contributed by atoms with Crippen molar-refractivity contribution < 1.29 is 13.2 Å². The van der Waals surface area contributed by atoms with Gasteiger partial charge in [-0.1, -0.05) is 42.5 Å². The molecular weight excluding hydrogens is 530 g/mol. The normalized spacial score (nSPS) is 18.6. The quantitative estimate of drug-likeness (QED) is 0.282. The number of hydrogen-bond acceptors (Lipinski definition) is 6. The average molecular weight is 570 g/mol. The van der Waals surface area contributed by atoms with Gasteiger partial charge in [-0.25, -0.2) is 12.7 Å². The van der Waals surface area contributed by atoms with E-state index in [9.17, 15) is 13.2 Å². The van der Waals surface area contributed by atoms with E-state index in [1.807, 2.05) is 25.2 Å². The number of piperidine rings is 1. The topological polar surface area (TPSA) is 109 Å². The van der Waals surface area contributed by atoms with Crippen molar-refractivity contribution in [2.45, 2.75) is 38.3 Å². The Morgan fingerprint density at radius 1 is 1.18 bits per heavy atom. The first-order valence-electron chi connectivity index (χ1n) is 13.5. The van der Waals surface area contributed by atoms with Gasteiger partial charge in [-0.2, -0.15) is 0 Å². The van der Waals surface area contributed by atoms with E-state index in [2.05, 4.69) is 45.7 Å². The molecule has 0 saturated carbocycles. The van der Waals surface area contributed by atoms with Crippen molar-refractivity contribution in [3.8, 4) is 11.1 Å². The van der Waals surface area contributed by atoms with Crippen LogP contribution in [0.25, 0.3) is 22.0 Å². The predicted molar refractivity (Wildman–Crippen MR) is 162 cm³/mol. The third-order valence-corrected chi connectivity index (χ3v) is 9.15. The van der Waals surface area contributed by atoms with Gasteiger partial charge in [-0.3, -0.25) is 0 Å². The highest BCUT2D eigenvalue weighted by atomic mass is 32.2. The van der Waals surface area contributed by atoms with Crippen LogP contribution < -0.4 is 16.4 Å². The maximum atomic E-state index is 11.9. The van der Waals surface area contributed by atoms with Crippen molar-refractivity contribution >= 4 is 44.4 Å². The van der Waals surface area contributed by atoms with E-state index in [0.29, 0.717) is 24.0 Å². The monoisotopic (exact) mass is 569 g/mol. The lowest BCUT2D eigenvalue weighted by Gasteiger charge is -2.31. The zero-order valence-corrected chi connectivity index (χ0v) is 24.4. The first kappa shape index (κ1) is 29.4. The summed E-state index contributed by atoms with van der Waals surface area (Å²) in [4.78, 5) is 10.3. The fourth-order valence-electron chi connectivity index (χ4n) is 5.49. The molecule has 2 aliphatic rings.